The van der Waals surface area contributed by atoms with E-state index in [4.69, 9.17) is 4.42 Å². The molecule has 0 amide bonds. The fourth-order valence-electron chi connectivity index (χ4n) is 3.83. The van der Waals surface area contributed by atoms with E-state index >= 15 is 0 Å². The zero-order valence-electron chi connectivity index (χ0n) is 15.5. The van der Waals surface area contributed by atoms with E-state index < -0.39 is 29.7 Å². The summed E-state index contributed by atoms with van der Waals surface area (Å²) in [4.78, 5) is 7.86. The van der Waals surface area contributed by atoms with Crippen LogP contribution in [0.5, 0.6) is 0 Å². The first-order valence-electron chi connectivity index (χ1n) is 9.36. The summed E-state index contributed by atoms with van der Waals surface area (Å²) in [5.74, 6) is -1.11. The lowest BCUT2D eigenvalue weighted by Crippen LogP contribution is -2.60. The second-order valence-electron chi connectivity index (χ2n) is 7.19. The molecule has 0 saturated heterocycles. The molecule has 0 N–H and O–H groups in total. The minimum Gasteiger partial charge on any atom is -0.461 e. The summed E-state index contributed by atoms with van der Waals surface area (Å²) in [5, 5.41) is 0. The lowest BCUT2D eigenvalue weighted by Gasteiger charge is -2.41. The van der Waals surface area contributed by atoms with E-state index in [1.807, 2.05) is 0 Å². The van der Waals surface area contributed by atoms with Gasteiger partial charge in [0.1, 0.15) is 5.84 Å². The lowest BCUT2D eigenvalue weighted by molar-refractivity contribution is -0.293. The molecule has 160 valence electrons. The van der Waals surface area contributed by atoms with Crippen LogP contribution < -0.4 is 0 Å². The maximum Gasteiger partial charge on any atom is 0.443 e. The third kappa shape index (κ3) is 3.27. The number of rotatable bonds is 3. The lowest BCUT2D eigenvalue weighted by atomic mass is 10.0. The molecule has 2 aliphatic rings. The molecule has 0 atom stereocenters. The number of nitrogens with zero attached hydrogens (tertiary/aromatic N) is 3. The Morgan fingerprint density at radius 2 is 1.43 bits per heavy atom. The Morgan fingerprint density at radius 3 is 1.97 bits per heavy atom. The number of furan rings is 1. The van der Waals surface area contributed by atoms with Gasteiger partial charge in [-0.3, -0.25) is 0 Å². The van der Waals surface area contributed by atoms with Gasteiger partial charge >= 0.3 is 18.0 Å². The van der Waals surface area contributed by atoms with Gasteiger partial charge in [0.05, 0.1) is 6.26 Å². The third-order valence-electron chi connectivity index (χ3n) is 5.25. The second-order valence-corrected chi connectivity index (χ2v) is 7.19. The minimum atomic E-state index is -5.80. The molecule has 1 saturated carbocycles. The monoisotopic (exact) mass is 429 g/mol. The molecule has 10 heteroatoms. The molecule has 0 bridgehead atoms. The van der Waals surface area contributed by atoms with Gasteiger partial charge in [0.25, 0.3) is 0 Å². The van der Waals surface area contributed by atoms with Crippen molar-refractivity contribution in [1.29, 1.82) is 0 Å². The normalized spacial score (nSPS) is 20.3. The fourth-order valence-corrected chi connectivity index (χ4v) is 3.83. The van der Waals surface area contributed by atoms with E-state index in [2.05, 4.69) is 9.98 Å². The molecule has 1 aromatic carbocycles. The highest BCUT2D eigenvalue weighted by molar-refractivity contribution is 6.15. The smallest absolute Gasteiger partial charge is 0.443 e. The molecule has 4 rings (SSSR count). The Labute approximate surface area is 167 Å². The molecule has 30 heavy (non-hydrogen) atoms. The average molecular weight is 429 g/mol. The minimum absolute atomic E-state index is 0.140. The quantitative estimate of drug-likeness (QED) is 0.600. The highest BCUT2D eigenvalue weighted by atomic mass is 19.4. The van der Waals surface area contributed by atoms with E-state index in [0.29, 0.717) is 12.8 Å². The van der Waals surface area contributed by atoms with Gasteiger partial charge in [-0.1, -0.05) is 43.2 Å². The Kier molecular flexibility index (Phi) is 4.90. The van der Waals surface area contributed by atoms with Crippen molar-refractivity contribution in [3.63, 3.8) is 0 Å². The zero-order chi connectivity index (χ0) is 21.6. The van der Waals surface area contributed by atoms with Crippen LogP contribution in [0.15, 0.2) is 63.1 Å². The molecule has 1 aliphatic heterocycles. The number of amidine groups is 2. The van der Waals surface area contributed by atoms with Gasteiger partial charge < -0.3 is 9.32 Å². The van der Waals surface area contributed by atoms with Gasteiger partial charge in [0.2, 0.25) is 0 Å². The van der Waals surface area contributed by atoms with Crippen LogP contribution in [0.1, 0.15) is 37.0 Å². The molecular weight excluding hydrogens is 412 g/mol. The summed E-state index contributed by atoms with van der Waals surface area (Å²) in [5.41, 5.74) is -4.48. The van der Waals surface area contributed by atoms with Crippen LogP contribution in [0.25, 0.3) is 0 Å². The summed E-state index contributed by atoms with van der Waals surface area (Å²) < 4.78 is 88.7. The van der Waals surface area contributed by atoms with Crippen molar-refractivity contribution in [3.05, 3.63) is 60.1 Å². The summed E-state index contributed by atoms with van der Waals surface area (Å²) >= 11 is 0. The number of hydrogen-bond acceptors (Lipinski definition) is 4. The molecule has 1 fully saturated rings. The molecule has 0 unspecified atom stereocenters. The summed E-state index contributed by atoms with van der Waals surface area (Å²) in [6, 6.07) is 9.90. The predicted octanol–water partition coefficient (Wildman–Crippen LogP) is 5.55. The van der Waals surface area contributed by atoms with Gasteiger partial charge in [-0.25, -0.2) is 9.98 Å². The molecule has 0 spiro atoms. The summed E-state index contributed by atoms with van der Waals surface area (Å²) in [7, 11) is 0. The SMILES string of the molecule is FC(F)(F)C1(C(F)(F)F)N=C(c2ccccc2)N(C2CCCC2)C(c2ccco2)=N1. The van der Waals surface area contributed by atoms with Crippen molar-refractivity contribution in [3.8, 4) is 0 Å². The van der Waals surface area contributed by atoms with Crippen molar-refractivity contribution in [2.45, 2.75) is 49.7 Å². The fraction of sp³-hybridized carbons (Fsp3) is 0.400. The van der Waals surface area contributed by atoms with E-state index in [1.165, 1.54) is 47.6 Å². The van der Waals surface area contributed by atoms with Crippen LogP contribution in [0.4, 0.5) is 26.3 Å². The van der Waals surface area contributed by atoms with E-state index in [0.717, 1.165) is 12.8 Å². The molecule has 1 aromatic heterocycles. The Morgan fingerprint density at radius 1 is 0.833 bits per heavy atom. The van der Waals surface area contributed by atoms with Crippen molar-refractivity contribution in [1.82, 2.24) is 4.90 Å². The Bertz CT molecular complexity index is 927. The maximum absolute atomic E-state index is 13.9. The number of alkyl halides is 6. The van der Waals surface area contributed by atoms with Gasteiger partial charge in [-0.2, -0.15) is 26.3 Å². The molecule has 0 radical (unpaired) electrons. The Hall–Kier alpha value is -2.78. The van der Waals surface area contributed by atoms with Crippen LogP contribution in [0, 0.1) is 0 Å². The number of halogens is 6. The van der Waals surface area contributed by atoms with Crippen LogP contribution in [-0.4, -0.2) is 40.6 Å². The van der Waals surface area contributed by atoms with Gasteiger partial charge in [-0.15, -0.1) is 0 Å². The van der Waals surface area contributed by atoms with Gasteiger partial charge in [0.15, 0.2) is 11.6 Å². The van der Waals surface area contributed by atoms with Crippen LogP contribution in [0.2, 0.25) is 0 Å². The maximum atomic E-state index is 13.9. The standard InChI is InChI=1S/C20H17F6N3O/c21-19(22,23)18(20(24,25)26)27-16(13-7-2-1-3-8-13)29(14-9-4-5-10-14)17(28-18)15-11-6-12-30-15/h1-3,6-8,11-12,14H,4-5,9-10H2. The third-order valence-corrected chi connectivity index (χ3v) is 5.25. The average Bonchev–Trinajstić information content (AvgIpc) is 3.40. The highest BCUT2D eigenvalue weighted by Gasteiger charge is 2.74. The summed E-state index contributed by atoms with van der Waals surface area (Å²) in [6.07, 6.45) is -7.62. The number of aliphatic imine (C=N–C) groups is 2. The molecular formula is C20H17F6N3O. The van der Waals surface area contributed by atoms with Crippen LogP contribution in [-0.2, 0) is 0 Å². The van der Waals surface area contributed by atoms with E-state index in [9.17, 15) is 26.3 Å². The van der Waals surface area contributed by atoms with Crippen molar-refractivity contribution in [2.75, 3.05) is 0 Å². The van der Waals surface area contributed by atoms with E-state index in [-0.39, 0.29) is 17.4 Å². The number of hydrogen-bond donors (Lipinski definition) is 0. The summed E-state index contributed by atoms with van der Waals surface area (Å²) in [6.45, 7) is 0. The highest BCUT2D eigenvalue weighted by Crippen LogP contribution is 2.50. The molecule has 1 aliphatic carbocycles. The largest absolute Gasteiger partial charge is 0.461 e. The predicted molar refractivity (Wildman–Crippen MR) is 97.2 cm³/mol. The first-order chi connectivity index (χ1) is 14.1. The number of benzene rings is 1. The zero-order valence-corrected chi connectivity index (χ0v) is 15.5. The van der Waals surface area contributed by atoms with Crippen LogP contribution >= 0.6 is 0 Å². The Balaban J connectivity index is 2.02. The second kappa shape index (κ2) is 7.17. The van der Waals surface area contributed by atoms with Crippen molar-refractivity contribution < 1.29 is 30.8 Å². The van der Waals surface area contributed by atoms with Gasteiger partial charge in [0, 0.05) is 11.6 Å². The topological polar surface area (TPSA) is 41.1 Å². The van der Waals surface area contributed by atoms with Crippen molar-refractivity contribution >= 4 is 11.7 Å². The molecule has 4 nitrogen and oxygen atoms in total. The van der Waals surface area contributed by atoms with Gasteiger partial charge in [-0.05, 0) is 25.0 Å². The molecule has 2 heterocycles. The molecule has 2 aromatic rings. The first kappa shape index (κ1) is 20.5. The van der Waals surface area contributed by atoms with Crippen LogP contribution in [0.3, 0.4) is 0 Å². The first-order valence-corrected chi connectivity index (χ1v) is 9.36. The van der Waals surface area contributed by atoms with E-state index in [1.54, 1.807) is 6.07 Å². The van der Waals surface area contributed by atoms with Crippen molar-refractivity contribution in [2.24, 2.45) is 9.98 Å².